The van der Waals surface area contributed by atoms with Crippen LogP contribution in [-0.2, 0) is 0 Å². The normalized spacial score (nSPS) is 13.9. The molecule has 1 atom stereocenters. The van der Waals surface area contributed by atoms with Gasteiger partial charge in [0.05, 0.1) is 17.6 Å². The van der Waals surface area contributed by atoms with Gasteiger partial charge in [0.25, 0.3) is 5.69 Å². The van der Waals surface area contributed by atoms with Crippen LogP contribution in [0.4, 0.5) is 17.2 Å². The molecule has 2 heterocycles. The summed E-state index contributed by atoms with van der Waals surface area (Å²) in [6.07, 6.45) is 1.45. The summed E-state index contributed by atoms with van der Waals surface area (Å²) in [5.41, 5.74) is 3.19. The van der Waals surface area contributed by atoms with Crippen molar-refractivity contribution in [2.45, 2.75) is 5.92 Å². The molecule has 1 aliphatic rings. The van der Waals surface area contributed by atoms with E-state index in [1.54, 1.807) is 19.2 Å². The van der Waals surface area contributed by atoms with Crippen molar-refractivity contribution in [2.24, 2.45) is 0 Å². The number of rotatable bonds is 5. The molecule has 1 unspecified atom stereocenters. The van der Waals surface area contributed by atoms with Crippen LogP contribution in [0, 0.1) is 10.1 Å². The molecular formula is C28H20N4O4. The van der Waals surface area contributed by atoms with E-state index in [4.69, 9.17) is 9.47 Å². The number of nitrogens with zero attached hydrogens (tertiary/aromatic N) is 3. The van der Waals surface area contributed by atoms with Crippen LogP contribution in [-0.4, -0.2) is 22.0 Å². The third-order valence-corrected chi connectivity index (χ3v) is 6.33. The van der Waals surface area contributed by atoms with Crippen molar-refractivity contribution in [3.63, 3.8) is 0 Å². The smallest absolute Gasteiger partial charge is 0.269 e. The summed E-state index contributed by atoms with van der Waals surface area (Å²) in [5, 5.41) is 17.1. The van der Waals surface area contributed by atoms with E-state index in [2.05, 4.69) is 15.3 Å². The van der Waals surface area contributed by atoms with Gasteiger partial charge in [-0.3, -0.25) is 10.1 Å². The van der Waals surface area contributed by atoms with Crippen LogP contribution in [0.3, 0.4) is 0 Å². The number of benzene rings is 4. The van der Waals surface area contributed by atoms with Gasteiger partial charge in [0.15, 0.2) is 0 Å². The Labute approximate surface area is 206 Å². The Morgan fingerprint density at radius 3 is 2.58 bits per heavy atom. The van der Waals surface area contributed by atoms with Gasteiger partial charge >= 0.3 is 0 Å². The molecule has 8 heteroatoms. The third kappa shape index (κ3) is 3.65. The van der Waals surface area contributed by atoms with E-state index in [0.29, 0.717) is 23.0 Å². The molecule has 176 valence electrons. The van der Waals surface area contributed by atoms with E-state index in [1.165, 1.54) is 12.4 Å². The zero-order valence-corrected chi connectivity index (χ0v) is 19.2. The van der Waals surface area contributed by atoms with Gasteiger partial charge in [-0.15, -0.1) is 0 Å². The maximum absolute atomic E-state index is 11.6. The van der Waals surface area contributed by atoms with E-state index >= 15 is 0 Å². The van der Waals surface area contributed by atoms with Crippen LogP contribution in [0.1, 0.15) is 22.6 Å². The maximum Gasteiger partial charge on any atom is 0.269 e. The fourth-order valence-corrected chi connectivity index (χ4v) is 4.69. The average molecular weight is 476 g/mol. The lowest BCUT2D eigenvalue weighted by atomic mass is 9.81. The molecule has 0 radical (unpaired) electrons. The fraction of sp³-hybridized carbons (Fsp3) is 0.0714. The number of nitrogens with one attached hydrogen (secondary N) is 1. The number of fused-ring (bicyclic) bond motifs is 4. The zero-order chi connectivity index (χ0) is 24.6. The molecule has 8 nitrogen and oxygen atoms in total. The first-order valence-corrected chi connectivity index (χ1v) is 11.3. The van der Waals surface area contributed by atoms with Crippen molar-refractivity contribution < 1.29 is 14.4 Å². The number of anilines is 2. The molecule has 0 amide bonds. The maximum atomic E-state index is 11.6. The minimum absolute atomic E-state index is 0.0174. The lowest BCUT2D eigenvalue weighted by Gasteiger charge is -2.30. The van der Waals surface area contributed by atoms with Gasteiger partial charge in [-0.1, -0.05) is 42.5 Å². The Kier molecular flexibility index (Phi) is 5.19. The number of hydrogen-bond acceptors (Lipinski definition) is 7. The zero-order valence-electron chi connectivity index (χ0n) is 19.2. The molecule has 0 aliphatic carbocycles. The molecule has 0 saturated carbocycles. The first kappa shape index (κ1) is 21.5. The van der Waals surface area contributed by atoms with Crippen molar-refractivity contribution in [3.05, 3.63) is 118 Å². The number of hydrogen-bond donors (Lipinski definition) is 1. The van der Waals surface area contributed by atoms with Gasteiger partial charge in [-0.05, 0) is 46.7 Å². The van der Waals surface area contributed by atoms with Crippen LogP contribution >= 0.6 is 0 Å². The van der Waals surface area contributed by atoms with Crippen LogP contribution in [0.15, 0.2) is 91.3 Å². The minimum atomic E-state index is -0.406. The molecule has 0 bridgehead atoms. The lowest BCUT2D eigenvalue weighted by molar-refractivity contribution is -0.384. The average Bonchev–Trinajstić information content (AvgIpc) is 2.92. The highest BCUT2D eigenvalue weighted by atomic mass is 16.6. The molecule has 1 aromatic heterocycles. The van der Waals surface area contributed by atoms with Gasteiger partial charge in [0.1, 0.15) is 23.6 Å². The summed E-state index contributed by atoms with van der Waals surface area (Å²) < 4.78 is 11.6. The molecule has 1 N–H and O–H groups in total. The summed E-state index contributed by atoms with van der Waals surface area (Å²) in [5.74, 6) is 1.95. The Bertz CT molecular complexity index is 1620. The van der Waals surface area contributed by atoms with Crippen molar-refractivity contribution in [1.82, 2.24) is 9.97 Å². The van der Waals surface area contributed by atoms with Gasteiger partial charge in [0, 0.05) is 29.3 Å². The second-order valence-corrected chi connectivity index (χ2v) is 8.38. The second kappa shape index (κ2) is 8.66. The molecule has 4 aromatic carbocycles. The van der Waals surface area contributed by atoms with E-state index in [9.17, 15) is 10.1 Å². The van der Waals surface area contributed by atoms with E-state index < -0.39 is 5.92 Å². The van der Waals surface area contributed by atoms with Crippen LogP contribution in [0.5, 0.6) is 17.4 Å². The molecule has 5 aromatic rings. The van der Waals surface area contributed by atoms with Crippen LogP contribution in [0.25, 0.3) is 10.8 Å². The van der Waals surface area contributed by atoms with Gasteiger partial charge in [0.2, 0.25) is 5.88 Å². The van der Waals surface area contributed by atoms with Crippen molar-refractivity contribution in [1.29, 1.82) is 0 Å². The monoisotopic (exact) mass is 476 g/mol. The Morgan fingerprint density at radius 2 is 1.78 bits per heavy atom. The van der Waals surface area contributed by atoms with Crippen molar-refractivity contribution in [2.75, 3.05) is 12.4 Å². The number of methoxy groups -OCH3 is 1. The molecular weight excluding hydrogens is 456 g/mol. The largest absolute Gasteiger partial charge is 0.497 e. The first-order chi connectivity index (χ1) is 17.6. The third-order valence-electron chi connectivity index (χ3n) is 6.33. The summed E-state index contributed by atoms with van der Waals surface area (Å²) in [6.45, 7) is 0. The Balaban J connectivity index is 1.59. The van der Waals surface area contributed by atoms with Crippen LogP contribution in [0.2, 0.25) is 0 Å². The lowest BCUT2D eigenvalue weighted by Crippen LogP contribution is -2.16. The second-order valence-electron chi connectivity index (χ2n) is 8.38. The van der Waals surface area contributed by atoms with Gasteiger partial charge in [-0.25, -0.2) is 9.97 Å². The predicted octanol–water partition coefficient (Wildman–Crippen LogP) is 6.58. The number of nitro benzene ring substituents is 1. The first-order valence-electron chi connectivity index (χ1n) is 11.3. The highest BCUT2D eigenvalue weighted by molar-refractivity contribution is 5.91. The van der Waals surface area contributed by atoms with Crippen molar-refractivity contribution >= 4 is 28.0 Å². The molecule has 6 rings (SSSR count). The number of ether oxygens (including phenoxy) is 2. The van der Waals surface area contributed by atoms with E-state index in [0.717, 1.165) is 33.3 Å². The Morgan fingerprint density at radius 1 is 0.944 bits per heavy atom. The van der Waals surface area contributed by atoms with Crippen molar-refractivity contribution in [3.8, 4) is 17.4 Å². The summed E-state index contributed by atoms with van der Waals surface area (Å²) in [4.78, 5) is 20.2. The minimum Gasteiger partial charge on any atom is -0.497 e. The van der Waals surface area contributed by atoms with Gasteiger partial charge in [-0.2, -0.15) is 0 Å². The highest BCUT2D eigenvalue weighted by Gasteiger charge is 2.35. The SMILES string of the molecule is COc1ccc(Nc2ncnc3c2C(c2cccc([N+](=O)[O-])c2)c2c(ccc4ccccc24)O3)cc1. The molecule has 36 heavy (non-hydrogen) atoms. The predicted molar refractivity (Wildman–Crippen MR) is 136 cm³/mol. The quantitative estimate of drug-likeness (QED) is 0.222. The standard InChI is InChI=1S/C28H20N4O4/c1-35-21-12-10-19(11-13-21)31-27-26-24(18-6-4-7-20(15-18)32(33)34)25-22-8-3-2-5-17(22)9-14-23(25)36-28(26)30-16-29-27/h2-16,24H,1H3,(H,29,30,31). The topological polar surface area (TPSA) is 99.4 Å². The van der Waals surface area contributed by atoms with E-state index in [-0.39, 0.29) is 10.6 Å². The fourth-order valence-electron chi connectivity index (χ4n) is 4.69. The molecule has 0 fully saturated rings. The molecule has 0 spiro atoms. The summed E-state index contributed by atoms with van der Waals surface area (Å²) >= 11 is 0. The molecule has 1 aliphatic heterocycles. The summed E-state index contributed by atoms with van der Waals surface area (Å²) in [7, 11) is 1.62. The number of nitro groups is 1. The molecule has 0 saturated heterocycles. The Hall–Kier alpha value is -4.98. The van der Waals surface area contributed by atoms with E-state index in [1.807, 2.05) is 66.7 Å². The summed E-state index contributed by atoms with van der Waals surface area (Å²) in [6, 6.07) is 26.1. The van der Waals surface area contributed by atoms with Crippen LogP contribution < -0.4 is 14.8 Å². The number of non-ortho nitro benzene ring substituents is 1. The highest BCUT2D eigenvalue weighted by Crippen LogP contribution is 2.51. The van der Waals surface area contributed by atoms with Gasteiger partial charge < -0.3 is 14.8 Å². The number of aromatic nitrogens is 2.